The van der Waals surface area contributed by atoms with Crippen LogP contribution in [-0.4, -0.2) is 16.7 Å². The summed E-state index contributed by atoms with van der Waals surface area (Å²) < 4.78 is 1.07. The van der Waals surface area contributed by atoms with Crippen molar-refractivity contribution in [1.29, 1.82) is 5.26 Å². The van der Waals surface area contributed by atoms with Crippen LogP contribution in [0.3, 0.4) is 0 Å². The molecule has 132 valence electrons. The number of hydrogen-bond acceptors (Lipinski definition) is 4. The maximum atomic E-state index is 12.5. The van der Waals surface area contributed by atoms with Gasteiger partial charge in [-0.2, -0.15) is 5.26 Å². The molecule has 1 aromatic carbocycles. The molecule has 1 aliphatic heterocycles. The predicted octanol–water partition coefficient (Wildman–Crippen LogP) is 1.46. The molecule has 1 aliphatic rings. The molecule has 0 radical (unpaired) electrons. The number of nitrogens with zero attached hydrogens (tertiary/aromatic N) is 3. The van der Waals surface area contributed by atoms with E-state index in [1.165, 1.54) is 12.6 Å². The van der Waals surface area contributed by atoms with Crippen molar-refractivity contribution < 1.29 is 5.11 Å². The van der Waals surface area contributed by atoms with Gasteiger partial charge in [0, 0.05) is 41.3 Å². The Balaban J connectivity index is 2.27. The number of anilines is 1. The van der Waals surface area contributed by atoms with E-state index < -0.39 is 0 Å². The highest BCUT2D eigenvalue weighted by Crippen LogP contribution is 2.46. The van der Waals surface area contributed by atoms with Gasteiger partial charge < -0.3 is 10.0 Å². The van der Waals surface area contributed by atoms with Gasteiger partial charge in [-0.1, -0.05) is 38.6 Å². The smallest absolute Gasteiger partial charge is 0.260 e. The molecular weight excluding hydrogens is 326 g/mol. The van der Waals surface area contributed by atoms with Gasteiger partial charge in [0.2, 0.25) is 5.88 Å². The van der Waals surface area contributed by atoms with Crippen molar-refractivity contribution in [1.82, 2.24) is 4.57 Å². The second-order valence-corrected chi connectivity index (χ2v) is 6.99. The van der Waals surface area contributed by atoms with Crippen LogP contribution in [0.25, 0.3) is 12.7 Å². The molecule has 0 saturated carbocycles. The van der Waals surface area contributed by atoms with E-state index >= 15 is 0 Å². The van der Waals surface area contributed by atoms with E-state index in [4.69, 9.17) is 0 Å². The second kappa shape index (κ2) is 5.92. The lowest BCUT2D eigenvalue weighted by molar-refractivity contribution is 0.420. The third-order valence-corrected chi connectivity index (χ3v) is 5.16. The number of aromatic nitrogens is 1. The number of rotatable bonds is 1. The molecule has 3 rings (SSSR count). The molecule has 0 fully saturated rings. The van der Waals surface area contributed by atoms with Crippen molar-refractivity contribution in [2.24, 2.45) is 7.05 Å². The van der Waals surface area contributed by atoms with Crippen LogP contribution >= 0.6 is 0 Å². The summed E-state index contributed by atoms with van der Waals surface area (Å²) in [4.78, 5) is 14.6. The van der Waals surface area contributed by atoms with Gasteiger partial charge in [-0.3, -0.25) is 9.36 Å². The number of likely N-dealkylation sites (N-methyl/N-ethyl adjacent to an activating group) is 1. The Morgan fingerprint density at radius 1 is 1.23 bits per heavy atom. The lowest BCUT2D eigenvalue weighted by Crippen LogP contribution is -2.45. The third-order valence-electron chi connectivity index (χ3n) is 5.16. The second-order valence-electron chi connectivity index (χ2n) is 6.99. The maximum absolute atomic E-state index is 12.5. The monoisotopic (exact) mass is 347 g/mol. The first-order valence-corrected chi connectivity index (χ1v) is 8.28. The molecule has 1 N–H and O–H groups in total. The Labute approximate surface area is 152 Å². The minimum Gasteiger partial charge on any atom is -0.493 e. The number of para-hydroxylation sites is 1. The fourth-order valence-electron chi connectivity index (χ4n) is 3.60. The topological polar surface area (TPSA) is 69.3 Å². The summed E-state index contributed by atoms with van der Waals surface area (Å²) in [5, 5.41) is 19.8. The molecule has 0 amide bonds. The summed E-state index contributed by atoms with van der Waals surface area (Å²) in [5.74, 6) is -0.363. The lowest BCUT2D eigenvalue weighted by Gasteiger charge is -2.23. The first-order valence-electron chi connectivity index (χ1n) is 8.28. The zero-order valence-electron chi connectivity index (χ0n) is 15.4. The van der Waals surface area contributed by atoms with E-state index in [0.29, 0.717) is 5.22 Å². The van der Waals surface area contributed by atoms with E-state index in [9.17, 15) is 15.2 Å². The average molecular weight is 347 g/mol. The quantitative estimate of drug-likeness (QED) is 0.848. The van der Waals surface area contributed by atoms with Crippen molar-refractivity contribution in [3.8, 4) is 11.9 Å². The molecule has 0 unspecified atom stereocenters. The number of nitriles is 1. The van der Waals surface area contributed by atoms with Gasteiger partial charge in [0.25, 0.3) is 5.56 Å². The van der Waals surface area contributed by atoms with E-state index in [0.717, 1.165) is 16.0 Å². The molecule has 0 bridgehead atoms. The molecule has 0 atom stereocenters. The van der Waals surface area contributed by atoms with Crippen LogP contribution in [0.4, 0.5) is 5.69 Å². The standard InChI is InChI=1S/C21H21N3O2/c1-13-14(19(25)24(5)20(26)15(13)12-22)10-11-18-21(2,3)16-8-6-7-9-17(16)23(18)4/h6-11,26H,1H2,2-5H3/b14-10-,18-11+. The predicted molar refractivity (Wildman–Crippen MR) is 103 cm³/mol. The Morgan fingerprint density at radius 2 is 1.88 bits per heavy atom. The van der Waals surface area contributed by atoms with Crippen LogP contribution in [0.2, 0.25) is 0 Å². The van der Waals surface area contributed by atoms with Gasteiger partial charge in [-0.15, -0.1) is 0 Å². The Morgan fingerprint density at radius 3 is 2.50 bits per heavy atom. The maximum Gasteiger partial charge on any atom is 0.260 e. The number of allylic oxidation sites excluding steroid dienone is 2. The van der Waals surface area contributed by atoms with E-state index in [-0.39, 0.29) is 27.6 Å². The molecule has 5 heteroatoms. The van der Waals surface area contributed by atoms with Crippen LogP contribution in [0.15, 0.2) is 40.8 Å². The number of fused-ring (bicyclic) bond motifs is 1. The largest absolute Gasteiger partial charge is 0.493 e. The van der Waals surface area contributed by atoms with E-state index in [1.807, 2.05) is 31.3 Å². The molecule has 0 saturated heterocycles. The highest BCUT2D eigenvalue weighted by molar-refractivity contribution is 5.71. The molecular formula is C21H21N3O2. The summed E-state index contributed by atoms with van der Waals surface area (Å²) in [6.45, 7) is 8.09. The number of aromatic hydroxyl groups is 1. The van der Waals surface area contributed by atoms with Crippen LogP contribution in [0.1, 0.15) is 25.0 Å². The first kappa shape index (κ1) is 17.6. The van der Waals surface area contributed by atoms with Gasteiger partial charge in [-0.05, 0) is 23.8 Å². The van der Waals surface area contributed by atoms with Gasteiger partial charge in [0.1, 0.15) is 11.6 Å². The van der Waals surface area contributed by atoms with Crippen molar-refractivity contribution in [2.45, 2.75) is 19.3 Å². The average Bonchev–Trinajstić information content (AvgIpc) is 2.81. The summed E-state index contributed by atoms with van der Waals surface area (Å²) in [6.07, 6.45) is 3.58. The highest BCUT2D eigenvalue weighted by Gasteiger charge is 2.37. The fourth-order valence-corrected chi connectivity index (χ4v) is 3.60. The van der Waals surface area contributed by atoms with Crippen LogP contribution < -0.4 is 20.9 Å². The zero-order chi connectivity index (χ0) is 19.2. The summed E-state index contributed by atoms with van der Waals surface area (Å²) in [5.41, 5.74) is 2.78. The number of hydrogen-bond donors (Lipinski definition) is 1. The van der Waals surface area contributed by atoms with Crippen molar-refractivity contribution in [2.75, 3.05) is 11.9 Å². The first-order chi connectivity index (χ1) is 12.2. The highest BCUT2D eigenvalue weighted by atomic mass is 16.3. The SMILES string of the molecule is C=c1c(C#N)c(O)n(C)c(=O)/c1=C\C=C1\N(C)c2ccccc2C1(C)C. The Kier molecular flexibility index (Phi) is 4.00. The Hall–Kier alpha value is -3.26. The number of benzene rings is 1. The van der Waals surface area contributed by atoms with E-state index in [2.05, 4.69) is 37.5 Å². The minimum absolute atomic E-state index is 0.0130. The molecule has 26 heavy (non-hydrogen) atoms. The van der Waals surface area contributed by atoms with Gasteiger partial charge in [0.05, 0.1) is 0 Å². The summed E-state index contributed by atoms with van der Waals surface area (Å²) in [6, 6.07) is 10.1. The molecule has 2 heterocycles. The van der Waals surface area contributed by atoms with Crippen LogP contribution in [-0.2, 0) is 12.5 Å². The van der Waals surface area contributed by atoms with Crippen molar-refractivity contribution in [3.05, 3.63) is 68.0 Å². The van der Waals surface area contributed by atoms with Crippen molar-refractivity contribution in [3.63, 3.8) is 0 Å². The van der Waals surface area contributed by atoms with Gasteiger partial charge in [-0.25, -0.2) is 0 Å². The Bertz CT molecular complexity index is 1150. The van der Waals surface area contributed by atoms with Gasteiger partial charge >= 0.3 is 0 Å². The molecule has 0 spiro atoms. The van der Waals surface area contributed by atoms with E-state index in [1.54, 1.807) is 6.08 Å². The number of pyridine rings is 1. The minimum atomic E-state index is -0.390. The molecule has 0 aliphatic carbocycles. The lowest BCUT2D eigenvalue weighted by atomic mass is 9.84. The van der Waals surface area contributed by atoms with Gasteiger partial charge in [0.15, 0.2) is 0 Å². The van der Waals surface area contributed by atoms with Crippen molar-refractivity contribution >= 4 is 18.3 Å². The molecule has 2 aromatic rings. The van der Waals surface area contributed by atoms with Crippen LogP contribution in [0, 0.1) is 11.3 Å². The zero-order valence-corrected chi connectivity index (χ0v) is 15.4. The van der Waals surface area contributed by atoms with Crippen LogP contribution in [0.5, 0.6) is 5.88 Å². The summed E-state index contributed by atoms with van der Waals surface area (Å²) >= 11 is 0. The summed E-state index contributed by atoms with van der Waals surface area (Å²) in [7, 11) is 3.43. The fraction of sp³-hybridized carbons (Fsp3) is 0.238. The third kappa shape index (κ3) is 2.34. The normalized spacial score (nSPS) is 17.4. The molecule has 5 nitrogen and oxygen atoms in total. The molecule has 1 aromatic heterocycles.